The van der Waals surface area contributed by atoms with E-state index in [9.17, 15) is 0 Å². The molecule has 1 aliphatic heterocycles. The van der Waals surface area contributed by atoms with Crippen LogP contribution in [0.15, 0.2) is 42.2 Å². The smallest absolute Gasteiger partial charge is 0.139 e. The molecule has 0 saturated carbocycles. The van der Waals surface area contributed by atoms with Gasteiger partial charge in [-0.3, -0.25) is 0 Å². The van der Waals surface area contributed by atoms with E-state index in [-0.39, 0.29) is 0 Å². The van der Waals surface area contributed by atoms with Crippen molar-refractivity contribution >= 4 is 38.3 Å². The molecule has 5 heteroatoms. The van der Waals surface area contributed by atoms with Gasteiger partial charge in [-0.25, -0.2) is 9.97 Å². The highest BCUT2D eigenvalue weighted by Crippen LogP contribution is 2.38. The fourth-order valence-corrected chi connectivity index (χ4v) is 4.35. The molecule has 0 amide bonds. The van der Waals surface area contributed by atoms with Crippen LogP contribution in [0.3, 0.4) is 0 Å². The van der Waals surface area contributed by atoms with Gasteiger partial charge in [-0.15, -0.1) is 11.3 Å². The molecule has 1 aromatic carbocycles. The van der Waals surface area contributed by atoms with Crippen LogP contribution >= 0.6 is 11.3 Å². The van der Waals surface area contributed by atoms with Crippen molar-refractivity contribution < 1.29 is 0 Å². The maximum absolute atomic E-state index is 4.64. The van der Waals surface area contributed by atoms with Crippen molar-refractivity contribution in [3.05, 3.63) is 42.2 Å². The summed E-state index contributed by atoms with van der Waals surface area (Å²) in [6.45, 7) is 2.24. The molecule has 0 atom stereocenters. The van der Waals surface area contributed by atoms with Gasteiger partial charge >= 0.3 is 0 Å². The second-order valence-electron chi connectivity index (χ2n) is 6.34. The molecular formula is C19H18N4S. The van der Waals surface area contributed by atoms with E-state index in [4.69, 9.17) is 0 Å². The predicted octanol–water partition coefficient (Wildman–Crippen LogP) is 4.83. The number of fused-ring (bicyclic) bond motifs is 2. The lowest BCUT2D eigenvalue weighted by Gasteiger charge is -2.31. The molecule has 1 fully saturated rings. The van der Waals surface area contributed by atoms with Crippen molar-refractivity contribution in [2.75, 3.05) is 18.0 Å². The number of hydrogen-bond acceptors (Lipinski definition) is 4. The van der Waals surface area contributed by atoms with Gasteiger partial charge in [0.15, 0.2) is 0 Å². The molecule has 0 unspecified atom stereocenters. The van der Waals surface area contributed by atoms with E-state index in [0.29, 0.717) is 0 Å². The van der Waals surface area contributed by atoms with Crippen LogP contribution < -0.4 is 4.90 Å². The van der Waals surface area contributed by atoms with Gasteiger partial charge in [0.2, 0.25) is 0 Å². The number of aromatic nitrogens is 3. The SMILES string of the molecule is c1cc2c(N3CCCCC3)c(-c3ccc4scnc4c3)cnc2[nH]1. The number of H-pyrrole nitrogens is 1. The van der Waals surface area contributed by atoms with Crippen LogP contribution in [0.25, 0.3) is 32.4 Å². The first-order valence-corrected chi connectivity index (χ1v) is 9.33. The van der Waals surface area contributed by atoms with Crippen LogP contribution in [0.2, 0.25) is 0 Å². The number of benzene rings is 1. The zero-order valence-corrected chi connectivity index (χ0v) is 14.1. The van der Waals surface area contributed by atoms with Gasteiger partial charge in [0.05, 0.1) is 21.4 Å². The minimum Gasteiger partial charge on any atom is -0.370 e. The number of rotatable bonds is 2. The summed E-state index contributed by atoms with van der Waals surface area (Å²) in [5, 5.41) is 1.22. The third kappa shape index (κ3) is 2.19. The maximum atomic E-state index is 4.64. The first-order chi connectivity index (χ1) is 11.9. The van der Waals surface area contributed by atoms with E-state index >= 15 is 0 Å². The van der Waals surface area contributed by atoms with Crippen LogP contribution in [0, 0.1) is 0 Å². The van der Waals surface area contributed by atoms with Crippen molar-refractivity contribution in [3.63, 3.8) is 0 Å². The molecule has 1 aliphatic rings. The highest BCUT2D eigenvalue weighted by Gasteiger charge is 2.20. The Balaban J connectivity index is 1.74. The minimum absolute atomic E-state index is 0.967. The highest BCUT2D eigenvalue weighted by molar-refractivity contribution is 7.16. The lowest BCUT2D eigenvalue weighted by atomic mass is 10.0. The topological polar surface area (TPSA) is 44.8 Å². The van der Waals surface area contributed by atoms with Gasteiger partial charge in [-0.2, -0.15) is 0 Å². The summed E-state index contributed by atoms with van der Waals surface area (Å²) in [5.74, 6) is 0. The van der Waals surface area contributed by atoms with Gasteiger partial charge in [-0.05, 0) is 43.0 Å². The third-order valence-corrected chi connectivity index (χ3v) is 5.68. The largest absolute Gasteiger partial charge is 0.370 e. The van der Waals surface area contributed by atoms with Gasteiger partial charge in [-0.1, -0.05) is 6.07 Å². The molecule has 0 spiro atoms. The van der Waals surface area contributed by atoms with Crippen LogP contribution in [-0.2, 0) is 0 Å². The maximum Gasteiger partial charge on any atom is 0.139 e. The van der Waals surface area contributed by atoms with Crippen LogP contribution in [0.1, 0.15) is 19.3 Å². The molecule has 3 aromatic heterocycles. The van der Waals surface area contributed by atoms with Gasteiger partial charge in [0, 0.05) is 36.4 Å². The quantitative estimate of drug-likeness (QED) is 0.571. The standard InChI is InChI=1S/C19H18N4S/c1-2-8-23(9-3-1)18-14-6-7-20-19(14)21-11-15(18)13-4-5-17-16(10-13)22-12-24-17/h4-7,10-12H,1-3,8-9H2,(H,20,21). The molecule has 4 aromatic rings. The molecule has 1 saturated heterocycles. The molecule has 0 radical (unpaired) electrons. The monoisotopic (exact) mass is 334 g/mol. The van der Waals surface area contributed by atoms with Crippen molar-refractivity contribution in [2.24, 2.45) is 0 Å². The Morgan fingerprint density at radius 3 is 2.88 bits per heavy atom. The van der Waals surface area contributed by atoms with E-state index in [1.54, 1.807) is 11.3 Å². The Hall–Kier alpha value is -2.40. The number of hydrogen-bond donors (Lipinski definition) is 1. The number of anilines is 1. The number of piperidine rings is 1. The summed E-state index contributed by atoms with van der Waals surface area (Å²) in [7, 11) is 0. The average molecular weight is 334 g/mol. The first-order valence-electron chi connectivity index (χ1n) is 8.45. The molecule has 120 valence electrons. The number of pyridine rings is 1. The van der Waals surface area contributed by atoms with E-state index in [1.165, 1.54) is 46.2 Å². The molecule has 4 nitrogen and oxygen atoms in total. The van der Waals surface area contributed by atoms with Gasteiger partial charge < -0.3 is 9.88 Å². The van der Waals surface area contributed by atoms with Crippen molar-refractivity contribution in [3.8, 4) is 11.1 Å². The molecule has 1 N–H and O–H groups in total. The Kier molecular flexibility index (Phi) is 3.26. The van der Waals surface area contributed by atoms with E-state index in [1.807, 2.05) is 17.9 Å². The minimum atomic E-state index is 0.967. The Labute approximate surface area is 144 Å². The summed E-state index contributed by atoms with van der Waals surface area (Å²) >= 11 is 1.69. The molecule has 4 heterocycles. The summed E-state index contributed by atoms with van der Waals surface area (Å²) in [5.41, 5.74) is 7.66. The molecule has 5 rings (SSSR count). The third-order valence-electron chi connectivity index (χ3n) is 4.87. The number of aromatic amines is 1. The zero-order valence-electron chi connectivity index (χ0n) is 13.3. The lowest BCUT2D eigenvalue weighted by Crippen LogP contribution is -2.30. The predicted molar refractivity (Wildman–Crippen MR) is 101 cm³/mol. The molecule has 0 aliphatic carbocycles. The second kappa shape index (κ2) is 5.60. The number of nitrogens with one attached hydrogen (secondary N) is 1. The van der Waals surface area contributed by atoms with Gasteiger partial charge in [0.1, 0.15) is 5.65 Å². The zero-order chi connectivity index (χ0) is 15.9. The van der Waals surface area contributed by atoms with E-state index in [0.717, 1.165) is 24.3 Å². The number of thiazole rings is 1. The fraction of sp³-hybridized carbons (Fsp3) is 0.263. The number of nitrogens with zero attached hydrogens (tertiary/aromatic N) is 3. The summed E-state index contributed by atoms with van der Waals surface area (Å²) in [6, 6.07) is 8.71. The van der Waals surface area contributed by atoms with Crippen LogP contribution in [0.5, 0.6) is 0 Å². The first kappa shape index (κ1) is 14.0. The second-order valence-corrected chi connectivity index (χ2v) is 7.23. The van der Waals surface area contributed by atoms with Crippen molar-refractivity contribution in [1.29, 1.82) is 0 Å². The van der Waals surface area contributed by atoms with E-state index in [2.05, 4.69) is 44.1 Å². The average Bonchev–Trinajstić information content (AvgIpc) is 3.29. The Morgan fingerprint density at radius 1 is 1.04 bits per heavy atom. The molecular weight excluding hydrogens is 316 g/mol. The van der Waals surface area contributed by atoms with Crippen molar-refractivity contribution in [2.45, 2.75) is 19.3 Å². The van der Waals surface area contributed by atoms with Crippen molar-refractivity contribution in [1.82, 2.24) is 15.0 Å². The molecule has 24 heavy (non-hydrogen) atoms. The summed E-state index contributed by atoms with van der Waals surface area (Å²) < 4.78 is 1.23. The Bertz CT molecular complexity index is 1010. The highest BCUT2D eigenvalue weighted by atomic mass is 32.1. The summed E-state index contributed by atoms with van der Waals surface area (Å²) in [4.78, 5) is 14.9. The molecule has 0 bridgehead atoms. The summed E-state index contributed by atoms with van der Waals surface area (Å²) in [6.07, 6.45) is 7.85. The fourth-order valence-electron chi connectivity index (χ4n) is 3.69. The van der Waals surface area contributed by atoms with E-state index < -0.39 is 0 Å². The Morgan fingerprint density at radius 2 is 1.96 bits per heavy atom. The van der Waals surface area contributed by atoms with Crippen LogP contribution in [-0.4, -0.2) is 28.0 Å². The lowest BCUT2D eigenvalue weighted by molar-refractivity contribution is 0.579. The van der Waals surface area contributed by atoms with Crippen LogP contribution in [0.4, 0.5) is 5.69 Å². The normalized spacial score (nSPS) is 15.4. The van der Waals surface area contributed by atoms with Gasteiger partial charge in [0.25, 0.3) is 0 Å².